The SMILES string of the molecule is O=C(CSc1nnc(-c2ccccc2F)n1C1CC1)NC[C@H]1COc2ccccc2O1. The minimum absolute atomic E-state index is 0.134. The number of fused-ring (bicyclic) bond motifs is 1. The van der Waals surface area contributed by atoms with Gasteiger partial charge in [0.1, 0.15) is 18.5 Å². The van der Waals surface area contributed by atoms with Crippen molar-refractivity contribution in [3.05, 3.63) is 54.3 Å². The van der Waals surface area contributed by atoms with E-state index in [0.29, 0.717) is 41.2 Å². The molecule has 2 aromatic carbocycles. The number of benzene rings is 2. The van der Waals surface area contributed by atoms with Crippen LogP contribution in [0.5, 0.6) is 11.5 Å². The van der Waals surface area contributed by atoms with E-state index in [1.54, 1.807) is 18.2 Å². The summed E-state index contributed by atoms with van der Waals surface area (Å²) in [7, 11) is 0. The predicted molar refractivity (Wildman–Crippen MR) is 114 cm³/mol. The Bertz CT molecular complexity index is 1100. The number of carbonyl (C=O) groups excluding carboxylic acids is 1. The average Bonchev–Trinajstić information content (AvgIpc) is 3.55. The molecule has 5 rings (SSSR count). The summed E-state index contributed by atoms with van der Waals surface area (Å²) in [6.45, 7) is 0.732. The lowest BCUT2D eigenvalue weighted by Gasteiger charge is -2.26. The molecule has 1 saturated carbocycles. The number of rotatable bonds is 7. The smallest absolute Gasteiger partial charge is 0.230 e. The van der Waals surface area contributed by atoms with Crippen molar-refractivity contribution in [2.75, 3.05) is 18.9 Å². The van der Waals surface area contributed by atoms with Gasteiger partial charge in [0.05, 0.1) is 17.9 Å². The highest BCUT2D eigenvalue weighted by Gasteiger charge is 2.31. The zero-order valence-electron chi connectivity index (χ0n) is 16.7. The third-order valence-corrected chi connectivity index (χ3v) is 6.06. The molecule has 1 atom stereocenters. The highest BCUT2D eigenvalue weighted by atomic mass is 32.2. The topological polar surface area (TPSA) is 78.3 Å². The second-order valence-corrected chi connectivity index (χ2v) is 8.42. The molecular weight excluding hydrogens is 419 g/mol. The highest BCUT2D eigenvalue weighted by molar-refractivity contribution is 7.99. The lowest BCUT2D eigenvalue weighted by Crippen LogP contribution is -2.41. The number of hydrogen-bond donors (Lipinski definition) is 1. The molecule has 0 unspecified atom stereocenters. The van der Waals surface area contributed by atoms with Crippen LogP contribution in [0, 0.1) is 5.82 Å². The molecule has 7 nitrogen and oxygen atoms in total. The van der Waals surface area contributed by atoms with Crippen molar-refractivity contribution in [2.24, 2.45) is 0 Å². The minimum atomic E-state index is -0.331. The first-order valence-corrected chi connectivity index (χ1v) is 11.2. The van der Waals surface area contributed by atoms with Crippen LogP contribution in [0.1, 0.15) is 18.9 Å². The number of halogens is 1. The zero-order valence-corrected chi connectivity index (χ0v) is 17.5. The van der Waals surface area contributed by atoms with Gasteiger partial charge in [-0.25, -0.2) is 4.39 Å². The number of thioether (sulfide) groups is 1. The largest absolute Gasteiger partial charge is 0.486 e. The third-order valence-electron chi connectivity index (χ3n) is 5.12. The third kappa shape index (κ3) is 4.36. The highest BCUT2D eigenvalue weighted by Crippen LogP contribution is 2.41. The Morgan fingerprint density at radius 1 is 1.13 bits per heavy atom. The van der Waals surface area contributed by atoms with E-state index < -0.39 is 0 Å². The Kier molecular flexibility index (Phi) is 5.50. The Balaban J connectivity index is 1.19. The first-order chi connectivity index (χ1) is 15.2. The maximum absolute atomic E-state index is 14.3. The van der Waals surface area contributed by atoms with E-state index in [9.17, 15) is 9.18 Å². The fraction of sp³-hybridized carbons (Fsp3) is 0.318. The van der Waals surface area contributed by atoms with E-state index in [0.717, 1.165) is 12.8 Å². The Labute approximate surface area is 183 Å². The normalized spacial score (nSPS) is 17.4. The fourth-order valence-electron chi connectivity index (χ4n) is 3.44. The van der Waals surface area contributed by atoms with Gasteiger partial charge in [0.2, 0.25) is 5.91 Å². The van der Waals surface area contributed by atoms with Crippen LogP contribution in [0.3, 0.4) is 0 Å². The lowest BCUT2D eigenvalue weighted by atomic mass is 10.2. The number of hydrogen-bond acceptors (Lipinski definition) is 6. The van der Waals surface area contributed by atoms with Crippen molar-refractivity contribution in [3.8, 4) is 22.9 Å². The molecule has 31 heavy (non-hydrogen) atoms. The molecule has 0 spiro atoms. The van der Waals surface area contributed by atoms with Gasteiger partial charge >= 0.3 is 0 Å². The predicted octanol–water partition coefficient (Wildman–Crippen LogP) is 3.47. The van der Waals surface area contributed by atoms with E-state index in [1.807, 2.05) is 28.8 Å². The summed E-state index contributed by atoms with van der Waals surface area (Å²) in [5.74, 6) is 1.63. The van der Waals surface area contributed by atoms with Gasteiger partial charge in [-0.15, -0.1) is 10.2 Å². The summed E-state index contributed by atoms with van der Waals surface area (Å²) in [5, 5.41) is 11.9. The fourth-order valence-corrected chi connectivity index (χ4v) is 4.27. The quantitative estimate of drug-likeness (QED) is 0.567. The van der Waals surface area contributed by atoms with E-state index >= 15 is 0 Å². The molecule has 1 N–H and O–H groups in total. The molecule has 160 valence electrons. The van der Waals surface area contributed by atoms with Crippen molar-refractivity contribution >= 4 is 17.7 Å². The van der Waals surface area contributed by atoms with Crippen molar-refractivity contribution in [1.82, 2.24) is 20.1 Å². The number of nitrogens with one attached hydrogen (secondary N) is 1. The van der Waals surface area contributed by atoms with Crippen LogP contribution >= 0.6 is 11.8 Å². The summed E-state index contributed by atoms with van der Waals surface area (Å²) < 4.78 is 27.7. The monoisotopic (exact) mass is 440 g/mol. The summed E-state index contributed by atoms with van der Waals surface area (Å²) >= 11 is 1.30. The van der Waals surface area contributed by atoms with Gasteiger partial charge < -0.3 is 14.8 Å². The van der Waals surface area contributed by atoms with Gasteiger partial charge in [0, 0.05) is 6.04 Å². The maximum atomic E-state index is 14.3. The molecule has 1 fully saturated rings. The first-order valence-electron chi connectivity index (χ1n) is 10.2. The van der Waals surface area contributed by atoms with E-state index in [-0.39, 0.29) is 29.6 Å². The van der Waals surface area contributed by atoms with Gasteiger partial charge in [0.15, 0.2) is 22.5 Å². The van der Waals surface area contributed by atoms with Crippen LogP contribution in [0.15, 0.2) is 53.7 Å². The van der Waals surface area contributed by atoms with Gasteiger partial charge in [-0.2, -0.15) is 0 Å². The van der Waals surface area contributed by atoms with E-state index in [4.69, 9.17) is 9.47 Å². The van der Waals surface area contributed by atoms with Crippen molar-refractivity contribution in [3.63, 3.8) is 0 Å². The number of nitrogens with zero attached hydrogens (tertiary/aromatic N) is 3. The molecule has 0 radical (unpaired) electrons. The Morgan fingerprint density at radius 3 is 2.71 bits per heavy atom. The molecule has 3 aromatic rings. The van der Waals surface area contributed by atoms with Crippen molar-refractivity contribution in [1.29, 1.82) is 0 Å². The molecule has 1 amide bonds. The number of amides is 1. The van der Waals surface area contributed by atoms with Gasteiger partial charge in [-0.05, 0) is 37.1 Å². The number of para-hydroxylation sites is 2. The standard InChI is InChI=1S/C22H21FN4O3S/c23-17-6-2-1-5-16(17)21-25-26-22(27(21)14-9-10-14)31-13-20(28)24-11-15-12-29-18-7-3-4-8-19(18)30-15/h1-8,14-15H,9-13H2,(H,24,28)/t15-/m0/s1. The van der Waals surface area contributed by atoms with Crippen molar-refractivity contribution < 1.29 is 18.7 Å². The summed E-state index contributed by atoms with van der Waals surface area (Å²) in [4.78, 5) is 12.4. The van der Waals surface area contributed by atoms with E-state index in [1.165, 1.54) is 17.8 Å². The number of ether oxygens (including phenoxy) is 2. The van der Waals surface area contributed by atoms with Crippen LogP contribution in [0.4, 0.5) is 4.39 Å². The number of carbonyl (C=O) groups is 1. The second kappa shape index (κ2) is 8.58. The molecule has 2 aliphatic rings. The van der Waals surface area contributed by atoms with Crippen LogP contribution in [0.25, 0.3) is 11.4 Å². The average molecular weight is 441 g/mol. The lowest BCUT2D eigenvalue weighted by molar-refractivity contribution is -0.119. The second-order valence-electron chi connectivity index (χ2n) is 7.48. The Morgan fingerprint density at radius 2 is 1.90 bits per heavy atom. The first kappa shape index (κ1) is 19.9. The van der Waals surface area contributed by atoms with Crippen molar-refractivity contribution in [2.45, 2.75) is 30.1 Å². The maximum Gasteiger partial charge on any atom is 0.230 e. The molecule has 9 heteroatoms. The molecular formula is C22H21FN4O3S. The van der Waals surface area contributed by atoms with Gasteiger partial charge in [-0.3, -0.25) is 9.36 Å². The van der Waals surface area contributed by atoms with Gasteiger partial charge in [-0.1, -0.05) is 36.0 Å². The van der Waals surface area contributed by atoms with E-state index in [2.05, 4.69) is 15.5 Å². The molecule has 1 aliphatic carbocycles. The number of aromatic nitrogens is 3. The molecule has 1 aliphatic heterocycles. The summed E-state index contributed by atoms with van der Waals surface area (Å²) in [6, 6.07) is 14.3. The Hall–Kier alpha value is -3.07. The molecule has 0 bridgehead atoms. The molecule has 1 aromatic heterocycles. The molecule has 0 saturated heterocycles. The summed E-state index contributed by atoms with van der Waals surface area (Å²) in [5.41, 5.74) is 0.424. The van der Waals surface area contributed by atoms with Crippen LogP contribution < -0.4 is 14.8 Å². The van der Waals surface area contributed by atoms with Crippen LogP contribution in [0.2, 0.25) is 0 Å². The van der Waals surface area contributed by atoms with Gasteiger partial charge in [0.25, 0.3) is 0 Å². The zero-order chi connectivity index (χ0) is 21.2. The van der Waals surface area contributed by atoms with Crippen LogP contribution in [-0.2, 0) is 4.79 Å². The van der Waals surface area contributed by atoms with Crippen LogP contribution in [-0.4, -0.2) is 45.7 Å². The minimum Gasteiger partial charge on any atom is -0.486 e. The molecule has 2 heterocycles. The summed E-state index contributed by atoms with van der Waals surface area (Å²) in [6.07, 6.45) is 1.76.